The molecule has 6 aliphatic rings. The lowest BCUT2D eigenvalue weighted by Gasteiger charge is -2.18. The molecule has 0 radical (unpaired) electrons. The number of Topliss-reactive ketones (excluding diaryl/α,β-unsaturated/α-hetero) is 12. The summed E-state index contributed by atoms with van der Waals surface area (Å²) in [6, 6.07) is 57.9. The quantitative estimate of drug-likeness (QED) is 0.103. The molecule has 0 heterocycles. The summed E-state index contributed by atoms with van der Waals surface area (Å²) in [5.41, 5.74) is 6.35. The fourth-order valence-electron chi connectivity index (χ4n) is 12.8. The number of carbonyl (C=O) groups excluding carboxylic acids is 12. The summed E-state index contributed by atoms with van der Waals surface area (Å²) in [6.45, 7) is 0. The van der Waals surface area contributed by atoms with Crippen molar-refractivity contribution < 1.29 is 92.7 Å². The zero-order valence-electron chi connectivity index (χ0n) is 53.0. The van der Waals surface area contributed by atoms with Crippen LogP contribution in [0.15, 0.2) is 243 Å². The SMILES string of the molecule is O=C1C(=O)c2c(F)cccc2-c2ccccc21.O=C1C(=O)c2cc(F)ccc2-c2ccccc21.O=C1C(=O)c2ccc(F)cc2-c2cc(F)ccc21.O=C1C(=O)c2ccc(F)cc2-c2ccccc21.O=C1C(=O)c2cccc(F)c2-c2c(F)cccc21.O=C1C(=O)c2cccc(F)c2-c2ccccc21. The van der Waals surface area contributed by atoms with Crippen LogP contribution < -0.4 is 0 Å². The van der Waals surface area contributed by atoms with Crippen LogP contribution in [-0.4, -0.2) is 69.4 Å². The van der Waals surface area contributed by atoms with Crippen LogP contribution in [0.1, 0.15) is 124 Å². The zero-order valence-corrected chi connectivity index (χ0v) is 53.0. The van der Waals surface area contributed by atoms with Crippen LogP contribution in [0, 0.1) is 46.5 Å². The molecule has 0 atom stereocenters. The summed E-state index contributed by atoms with van der Waals surface area (Å²) < 4.78 is 108. The van der Waals surface area contributed by atoms with Crippen LogP contribution in [0.5, 0.6) is 0 Å². The van der Waals surface area contributed by atoms with Crippen molar-refractivity contribution in [3.05, 3.63) is 356 Å². The molecule has 0 fully saturated rings. The standard InChI is InChI=1S/2C14H6F2O2.4C14H7FO2/c15-7-1-3-9-11(5-7)12-6-8(16)2-4-10(12)14(18)13(9)17;15-9-5-1-3-7-11(9)12-8(14(18)13(7)17)4-2-6-10(12)16;15-11-7-3-6-9-8-4-1-2-5-10(8)13(16)14(17)12(9)11;15-11-7-3-6-10-12(11)8-4-1-2-5-9(8)13(16)14(10)17;15-8-5-6-10-9-3-1-2-4-11(9)13(16)14(17)12(10)7-8;15-8-5-6-11-12(7-8)9-3-1-2-4-10(9)13(16)14(11)17/h2*1-6H;4*1-7H. The topological polar surface area (TPSA) is 205 Å². The van der Waals surface area contributed by atoms with Gasteiger partial charge in [0.2, 0.25) is 69.4 Å². The van der Waals surface area contributed by atoms with E-state index < -0.39 is 116 Å². The van der Waals surface area contributed by atoms with Gasteiger partial charge in [0.15, 0.2) is 0 Å². The number of carbonyl (C=O) groups is 12. The molecule has 12 aromatic rings. The van der Waals surface area contributed by atoms with Gasteiger partial charge in [-0.1, -0.05) is 152 Å². The summed E-state index contributed by atoms with van der Waals surface area (Å²) in [5.74, 6) is -12.5. The third-order valence-electron chi connectivity index (χ3n) is 17.5. The second kappa shape index (κ2) is 27.7. The number of hydrogen-bond acceptors (Lipinski definition) is 12. The molecule has 20 heteroatoms. The molecule has 0 aromatic heterocycles. The third-order valence-corrected chi connectivity index (χ3v) is 17.5. The molecule has 12 aromatic carbocycles. The number of halogens is 8. The first kappa shape index (κ1) is 68.6. The lowest BCUT2D eigenvalue weighted by Crippen LogP contribution is -2.22. The van der Waals surface area contributed by atoms with Gasteiger partial charge in [0.1, 0.15) is 46.5 Å². The Bertz CT molecular complexity index is 5710. The minimum atomic E-state index is -0.803. The van der Waals surface area contributed by atoms with Gasteiger partial charge < -0.3 is 0 Å². The molecular formula is C84H40F8O12. The van der Waals surface area contributed by atoms with Crippen LogP contribution in [0.4, 0.5) is 35.1 Å². The fraction of sp³-hybridized carbons (Fsp3) is 0. The second-order valence-electron chi connectivity index (χ2n) is 23.5. The highest BCUT2D eigenvalue weighted by Crippen LogP contribution is 2.41. The lowest BCUT2D eigenvalue weighted by atomic mass is 9.83. The molecule has 0 amide bonds. The van der Waals surface area contributed by atoms with Crippen LogP contribution in [0.3, 0.4) is 0 Å². The maximum atomic E-state index is 13.8. The zero-order chi connectivity index (χ0) is 73.7. The molecule has 0 unspecified atom stereocenters. The van der Waals surface area contributed by atoms with Crippen molar-refractivity contribution in [3.8, 4) is 66.8 Å². The van der Waals surface area contributed by atoms with E-state index in [2.05, 4.69) is 0 Å². The Labute approximate surface area is 582 Å². The number of benzene rings is 12. The Hall–Kier alpha value is -13.9. The van der Waals surface area contributed by atoms with Crippen molar-refractivity contribution in [2.75, 3.05) is 0 Å². The van der Waals surface area contributed by atoms with Crippen LogP contribution >= 0.6 is 0 Å². The van der Waals surface area contributed by atoms with E-state index in [1.54, 1.807) is 103 Å². The van der Waals surface area contributed by atoms with E-state index in [1.165, 1.54) is 97.1 Å². The third kappa shape index (κ3) is 12.2. The summed E-state index contributed by atoms with van der Waals surface area (Å²) in [6.07, 6.45) is 0. The van der Waals surface area contributed by atoms with E-state index in [-0.39, 0.29) is 77.9 Å². The van der Waals surface area contributed by atoms with Crippen molar-refractivity contribution in [2.45, 2.75) is 0 Å². The first-order valence-electron chi connectivity index (χ1n) is 31.2. The van der Waals surface area contributed by atoms with Crippen LogP contribution in [-0.2, 0) is 0 Å². The monoisotopic (exact) mass is 1390 g/mol. The van der Waals surface area contributed by atoms with Crippen LogP contribution in [0.2, 0.25) is 0 Å². The first-order chi connectivity index (χ1) is 49.9. The van der Waals surface area contributed by atoms with Crippen molar-refractivity contribution in [3.63, 3.8) is 0 Å². The van der Waals surface area contributed by atoms with Gasteiger partial charge in [-0.3, -0.25) is 57.5 Å². The highest BCUT2D eigenvalue weighted by atomic mass is 19.2. The number of ketones is 12. The lowest BCUT2D eigenvalue weighted by molar-refractivity contribution is 0.0812. The van der Waals surface area contributed by atoms with E-state index in [1.807, 2.05) is 0 Å². The number of rotatable bonds is 0. The number of hydrogen-bond donors (Lipinski definition) is 0. The number of fused-ring (bicyclic) bond motifs is 18. The van der Waals surface area contributed by atoms with Gasteiger partial charge in [0.05, 0.1) is 5.56 Å². The van der Waals surface area contributed by atoms with Gasteiger partial charge in [0.25, 0.3) is 0 Å². The summed E-state index contributed by atoms with van der Waals surface area (Å²) in [4.78, 5) is 142. The van der Waals surface area contributed by atoms with Gasteiger partial charge >= 0.3 is 0 Å². The van der Waals surface area contributed by atoms with Gasteiger partial charge in [-0.2, -0.15) is 0 Å². The first-order valence-corrected chi connectivity index (χ1v) is 31.2. The molecule has 0 aliphatic heterocycles. The molecule has 0 N–H and O–H groups in total. The molecule has 6 aliphatic carbocycles. The maximum Gasteiger partial charge on any atom is 0.237 e. The van der Waals surface area contributed by atoms with E-state index in [9.17, 15) is 92.7 Å². The van der Waals surface area contributed by atoms with Gasteiger partial charge in [-0.25, -0.2) is 35.1 Å². The van der Waals surface area contributed by atoms with Gasteiger partial charge in [-0.15, -0.1) is 0 Å². The molecule has 504 valence electrons. The normalized spacial score (nSPS) is 13.2. The minimum absolute atomic E-state index is 0.0856. The highest BCUT2D eigenvalue weighted by molar-refractivity contribution is 6.56. The summed E-state index contributed by atoms with van der Waals surface area (Å²) in [5, 5.41) is 0. The van der Waals surface area contributed by atoms with Crippen molar-refractivity contribution in [2.24, 2.45) is 0 Å². The smallest absolute Gasteiger partial charge is 0.237 e. The predicted molar refractivity (Wildman–Crippen MR) is 363 cm³/mol. The minimum Gasteiger partial charge on any atom is -0.285 e. The molecule has 0 bridgehead atoms. The average molecular weight is 1390 g/mol. The van der Waals surface area contributed by atoms with E-state index in [0.717, 1.165) is 42.5 Å². The highest BCUT2D eigenvalue weighted by Gasteiger charge is 2.38. The molecule has 12 nitrogen and oxygen atoms in total. The van der Waals surface area contributed by atoms with Crippen molar-refractivity contribution in [1.82, 2.24) is 0 Å². The summed E-state index contributed by atoms with van der Waals surface area (Å²) in [7, 11) is 0. The van der Waals surface area contributed by atoms with Crippen molar-refractivity contribution >= 4 is 69.4 Å². The van der Waals surface area contributed by atoms with Gasteiger partial charge in [0, 0.05) is 77.9 Å². The molecule has 104 heavy (non-hydrogen) atoms. The predicted octanol–water partition coefficient (Wildman–Crippen LogP) is 17.5. The van der Waals surface area contributed by atoms with E-state index >= 15 is 0 Å². The summed E-state index contributed by atoms with van der Waals surface area (Å²) >= 11 is 0. The molecule has 18 rings (SSSR count). The Morgan fingerprint density at radius 2 is 0.337 bits per heavy atom. The van der Waals surface area contributed by atoms with Crippen molar-refractivity contribution in [1.29, 1.82) is 0 Å². The van der Waals surface area contributed by atoms with Gasteiger partial charge in [-0.05, 0) is 141 Å². The molecule has 0 saturated carbocycles. The molecular weight excluding hydrogens is 1350 g/mol. The maximum absolute atomic E-state index is 13.8. The second-order valence-corrected chi connectivity index (χ2v) is 23.5. The Morgan fingerprint density at radius 1 is 0.135 bits per heavy atom. The molecule has 0 saturated heterocycles. The van der Waals surface area contributed by atoms with Crippen LogP contribution in [0.25, 0.3) is 66.8 Å². The average Bonchev–Trinajstić information content (AvgIpc) is 1.05. The van der Waals surface area contributed by atoms with E-state index in [4.69, 9.17) is 0 Å². The Balaban J connectivity index is 0.000000111. The molecule has 0 spiro atoms. The fourth-order valence-corrected chi connectivity index (χ4v) is 12.8. The Morgan fingerprint density at radius 3 is 0.712 bits per heavy atom. The Kier molecular flexibility index (Phi) is 18.3. The van der Waals surface area contributed by atoms with E-state index in [0.29, 0.717) is 55.6 Å². The largest absolute Gasteiger partial charge is 0.285 e.